The Hall–Kier alpha value is -9.81. The van der Waals surface area contributed by atoms with Crippen LogP contribution in [-0.4, -0.2) is 242 Å². The lowest BCUT2D eigenvalue weighted by molar-refractivity contribution is -0.306. The molecule has 3 N–H and O–H groups in total. The summed E-state index contributed by atoms with van der Waals surface area (Å²) >= 11 is 0. The molecule has 6 fully saturated rings. The number of alkyl halides is 4. The third-order valence-electron chi connectivity index (χ3n) is 19.2. The highest BCUT2D eigenvalue weighted by molar-refractivity contribution is 7.86. The Morgan fingerprint density at radius 1 is 0.528 bits per heavy atom. The van der Waals surface area contributed by atoms with Crippen LogP contribution in [0.2, 0.25) is 0 Å². The summed E-state index contributed by atoms with van der Waals surface area (Å²) in [4.78, 5) is 80.7. The fraction of sp³-hybridized carbons (Fsp3) is 0.472. The zero-order valence-electron chi connectivity index (χ0n) is 66.6. The molecule has 14 heterocycles. The van der Waals surface area contributed by atoms with Gasteiger partial charge in [-0.1, -0.05) is 36.4 Å². The van der Waals surface area contributed by atoms with Crippen LogP contribution in [0, 0.1) is 59.2 Å². The summed E-state index contributed by atoms with van der Waals surface area (Å²) in [7, 11) is -2.32. The minimum Gasteiger partial charge on any atom is -0.346 e. The number of aromatic nitrogens is 16. The van der Waals surface area contributed by atoms with Gasteiger partial charge in [0.05, 0.1) is 119 Å². The van der Waals surface area contributed by atoms with Crippen molar-refractivity contribution >= 4 is 115 Å². The van der Waals surface area contributed by atoms with Crippen LogP contribution in [0.25, 0.3) is 44.7 Å². The summed E-state index contributed by atoms with van der Waals surface area (Å²) in [5.74, 6) is -0.853. The van der Waals surface area contributed by atoms with Gasteiger partial charge in [-0.15, -0.1) is 0 Å². The number of amides is 2. The Balaban J connectivity index is 0.000000191. The van der Waals surface area contributed by atoms with Crippen LogP contribution in [0.3, 0.4) is 0 Å². The number of aryl methyl sites for hydroxylation is 2. The average Bonchev–Trinajstić information content (AvgIpc) is 1.69. The molecular weight excluding hydrogens is 1730 g/mol. The van der Waals surface area contributed by atoms with E-state index in [1.807, 2.05) is 24.3 Å². The van der Waals surface area contributed by atoms with E-state index in [9.17, 15) is 35.2 Å². The SMILES string of the molecule is CC(C)(C)OO.[B][P+]1(OCCC#N)OC[C@H]2O[C@@H](n3cnc4c(NC(=O)c5ccccc5)ncnc43)[C@H](F)[C@@H]2OP(=O)(OCCC#N)OC[C@H]2O[C@@H](n3cnc4c(C)ncnc43)[C@H](F)[C@@H]2O1.[B][P+]1(OCCC#N)OC[C@H]2O[C@@H](n3cnc4c(NC(=O)c5ccccc5)ncnc43)[C@H](F)[C@@H]2OP(OCCC#N)OC[C@H]2O[C@@H](n3cnc4c(C)ncnc43)[C@H](F)[C@@H]2O1. The van der Waals surface area contributed by atoms with Gasteiger partial charge in [0.25, 0.3) is 11.8 Å². The van der Waals surface area contributed by atoms with Crippen molar-refractivity contribution in [1.82, 2.24) is 78.1 Å². The molecule has 0 bridgehead atoms. The molecule has 4 radical (unpaired) electrons. The molecule has 0 spiro atoms. The minimum atomic E-state index is -4.87. The van der Waals surface area contributed by atoms with Gasteiger partial charge < -0.3 is 43.2 Å². The molecule has 6 saturated heterocycles. The summed E-state index contributed by atoms with van der Waals surface area (Å²) in [5.41, 5.74) is 3.09. The van der Waals surface area contributed by atoms with E-state index in [4.69, 9.17) is 93.6 Å². The van der Waals surface area contributed by atoms with Crippen LogP contribution in [0.4, 0.5) is 29.2 Å². The third-order valence-corrected chi connectivity index (χ3v) is 25.0. The summed E-state index contributed by atoms with van der Waals surface area (Å²) in [5, 5.41) is 50.1. The Morgan fingerprint density at radius 3 is 1.33 bits per heavy atom. The molecule has 0 saturated carbocycles. The Bertz CT molecular complexity index is 5680. The van der Waals surface area contributed by atoms with E-state index in [2.05, 4.69) is 75.3 Å². The monoisotopic (exact) mass is 1810 g/mol. The number of carbonyl (C=O) groups excluding carboxylic acids is 2. The molecule has 6 aliphatic heterocycles. The number of hydrogen-bond donors (Lipinski definition) is 3. The molecule has 43 nitrogen and oxygen atoms in total. The molecular formula is C72H76B2F4N22O21P4+2. The zero-order valence-corrected chi connectivity index (χ0v) is 70.2. The molecule has 16 rings (SSSR count). The van der Waals surface area contributed by atoms with Crippen LogP contribution in [0.5, 0.6) is 0 Å². The van der Waals surface area contributed by atoms with E-state index in [0.717, 1.165) is 6.33 Å². The maximum Gasteiger partial charge on any atom is 0.488 e. The predicted molar refractivity (Wildman–Crippen MR) is 426 cm³/mol. The highest BCUT2D eigenvalue weighted by atomic mass is 31.2. The lowest BCUT2D eigenvalue weighted by atomic mass is 10.1. The van der Waals surface area contributed by atoms with Crippen molar-refractivity contribution in [1.29, 1.82) is 21.0 Å². The number of phosphoric ester groups is 1. The van der Waals surface area contributed by atoms with Crippen molar-refractivity contribution in [3.05, 3.63) is 134 Å². The minimum absolute atomic E-state index is 0.0195. The first kappa shape index (κ1) is 91.4. The van der Waals surface area contributed by atoms with Crippen molar-refractivity contribution < 1.29 is 115 Å². The molecule has 20 atom stereocenters. The number of ether oxygens (including phenoxy) is 4. The second-order valence-corrected chi connectivity index (χ2v) is 35.1. The van der Waals surface area contributed by atoms with Gasteiger partial charge in [0, 0.05) is 11.1 Å². The van der Waals surface area contributed by atoms with E-state index in [-0.39, 0.29) is 85.1 Å². The quantitative estimate of drug-likeness (QED) is 0.0159. The highest BCUT2D eigenvalue weighted by Gasteiger charge is 2.61. The molecule has 8 aromatic heterocycles. The predicted octanol–water partition coefficient (Wildman–Crippen LogP) is 10.1. The molecule has 0 aliphatic carbocycles. The number of nitrogens with zero attached hydrogens (tertiary/aromatic N) is 20. The normalized spacial score (nSPS) is 29.4. The Labute approximate surface area is 712 Å². The van der Waals surface area contributed by atoms with Gasteiger partial charge in [-0.05, 0) is 58.9 Å². The third kappa shape index (κ3) is 20.9. The van der Waals surface area contributed by atoms with E-state index in [1.54, 1.807) is 95.3 Å². The van der Waals surface area contributed by atoms with Crippen molar-refractivity contribution in [2.75, 3.05) is 63.5 Å². The standard InChI is InChI=1S/C34H33BF2N11O10P2.C34H33BF2N11O9P2.C4H10O2/c1-19-25-30(42-15-40-19)47(17-44-25)33-23(36)27-22(56-33)14-54-60(50,52-12-6-10-39)58-28-21(13-53-59(35,57-27)51-11-5-9-38)55-34(24(28)37)48-18-45-26-29(41-16-43-31(26)48)46-32(49)20-7-3-2-4-8-20;1-19-25-30(42-15-40-19)47(17-44-25)34-24(37)28-21(54-34)13-51-58(50-11-5-9-38)56-27-22(14-53-59(35,57-28)52-12-6-10-39)55-33(23(27)36)48-18-45-26-29(41-16-43-31(26)48)46-32(49)20-7-3-2-4-8-20;1-4(2,3)6-5/h2-4,7-8,15-18,21-24,27-28,33-34H,5-6,11-14H2,1H3,(H,41,43,46,49);2-4,7-8,15-18,21-24,27-28,33-34H,5-6,11-14H2,1H3,(H,41,43,46,49);5H,1-3H3/q2*+1;/t21-,22-,23-,24-,27-,28-,33-,34-,59?,60?;21-,22-,23-,24-,27-,28-,33-,34-,58?,59?;/m11./s1. The molecule has 6 aliphatic rings. The number of nitriles is 4. The van der Waals surface area contributed by atoms with Gasteiger partial charge >= 0.3 is 47.2 Å². The molecule has 4 unspecified atom stereocenters. The number of anilines is 2. The van der Waals surface area contributed by atoms with Gasteiger partial charge in [-0.25, -0.2) is 86.8 Å². The number of rotatable bonds is 20. The van der Waals surface area contributed by atoms with Crippen LogP contribution in [0.1, 0.15) is 103 Å². The Kier molecular flexibility index (Phi) is 29.6. The summed E-state index contributed by atoms with van der Waals surface area (Å²) in [6, 6.07) is 24.4. The molecule has 53 heteroatoms. The van der Waals surface area contributed by atoms with Gasteiger partial charge in [-0.2, -0.15) is 48.2 Å². The van der Waals surface area contributed by atoms with Crippen molar-refractivity contribution in [2.45, 2.75) is 164 Å². The largest absolute Gasteiger partial charge is 0.488 e. The van der Waals surface area contributed by atoms with Crippen LogP contribution in [0.15, 0.2) is 111 Å². The second kappa shape index (κ2) is 40.4. The smallest absolute Gasteiger partial charge is 0.346 e. The lowest BCUT2D eigenvalue weighted by Crippen LogP contribution is -2.38. The number of phosphoric acid groups is 1. The number of hydrogen-bond acceptors (Lipinski definition) is 37. The molecule has 2 amide bonds. The first-order valence-corrected chi connectivity index (χ1v) is 44.0. The number of carbonyl (C=O) groups is 2. The number of imidazole rings is 4. The number of halogens is 4. The van der Waals surface area contributed by atoms with Crippen LogP contribution < -0.4 is 10.6 Å². The lowest BCUT2D eigenvalue weighted by Gasteiger charge is -2.30. The zero-order chi connectivity index (χ0) is 88.3. The molecule has 2 aromatic carbocycles. The van der Waals surface area contributed by atoms with Crippen molar-refractivity contribution in [3.63, 3.8) is 0 Å². The summed E-state index contributed by atoms with van der Waals surface area (Å²) in [6.45, 7) is 5.19. The van der Waals surface area contributed by atoms with Crippen LogP contribution in [-0.2, 0) is 82.7 Å². The summed E-state index contributed by atoms with van der Waals surface area (Å²) in [6.07, 6.45) is -16.4. The molecule has 125 heavy (non-hydrogen) atoms. The van der Waals surface area contributed by atoms with Gasteiger partial charge in [-0.3, -0.25) is 46.7 Å². The van der Waals surface area contributed by atoms with Gasteiger partial charge in [0.2, 0.25) is 0 Å². The maximum absolute atomic E-state index is 16.9. The first-order valence-electron chi connectivity index (χ1n) is 38.2. The summed E-state index contributed by atoms with van der Waals surface area (Å²) < 4.78 is 182. The molecule has 10 aromatic rings. The first-order chi connectivity index (χ1) is 60.2. The van der Waals surface area contributed by atoms with Crippen LogP contribution >= 0.6 is 32.1 Å². The van der Waals surface area contributed by atoms with Crippen molar-refractivity contribution in [2.24, 2.45) is 0 Å². The van der Waals surface area contributed by atoms with E-state index in [1.165, 1.54) is 62.6 Å². The van der Waals surface area contributed by atoms with E-state index in [0.29, 0.717) is 39.2 Å². The van der Waals surface area contributed by atoms with Gasteiger partial charge in [0.15, 0.2) is 107 Å². The highest BCUT2D eigenvalue weighted by Crippen LogP contribution is 2.64. The number of benzene rings is 2. The fourth-order valence-corrected chi connectivity index (χ4v) is 18.8. The maximum atomic E-state index is 16.9. The topological polar surface area (TPSA) is 522 Å². The van der Waals surface area contributed by atoms with E-state index >= 15 is 17.6 Å². The fourth-order valence-electron chi connectivity index (χ4n) is 13.3. The van der Waals surface area contributed by atoms with E-state index < -0.39 is 181 Å². The van der Waals surface area contributed by atoms with Gasteiger partial charge in [0.1, 0.15) is 99.4 Å². The number of fused-ring (bicyclic) bond motifs is 8. The van der Waals surface area contributed by atoms with Crippen molar-refractivity contribution in [3.8, 4) is 24.3 Å². The second-order valence-electron chi connectivity index (χ2n) is 28.7. The Morgan fingerprint density at radius 2 is 0.896 bits per heavy atom. The molecule has 652 valence electrons. The number of nitrogens with one attached hydrogen (secondary N) is 2. The average molecular weight is 1810 g/mol.